The van der Waals surface area contributed by atoms with Gasteiger partial charge in [0.1, 0.15) is 0 Å². The lowest BCUT2D eigenvalue weighted by Gasteiger charge is -2.26. The van der Waals surface area contributed by atoms with Crippen LogP contribution in [0.5, 0.6) is 0 Å². The Bertz CT molecular complexity index is 1110. The number of hydrogen-bond donors (Lipinski definition) is 1. The molecule has 2 saturated carbocycles. The van der Waals surface area contributed by atoms with Gasteiger partial charge in [-0.05, 0) is 86.1 Å². The van der Waals surface area contributed by atoms with E-state index in [-0.39, 0.29) is 5.92 Å². The smallest absolute Gasteiger partial charge is 0.159 e. The third-order valence-electron chi connectivity index (χ3n) is 8.72. The Morgan fingerprint density at radius 1 is 0.857 bits per heavy atom. The van der Waals surface area contributed by atoms with E-state index in [1.54, 1.807) is 6.07 Å². The fourth-order valence-electron chi connectivity index (χ4n) is 6.67. The van der Waals surface area contributed by atoms with Crippen LogP contribution in [0, 0.1) is 23.5 Å². The summed E-state index contributed by atoms with van der Waals surface area (Å²) in [6, 6.07) is 13.5. The van der Waals surface area contributed by atoms with Crippen molar-refractivity contribution in [2.24, 2.45) is 17.6 Å². The lowest BCUT2D eigenvalue weighted by atomic mass is 9.81. The minimum atomic E-state index is -0.772. The first-order chi connectivity index (χ1) is 17.1. The average molecular weight is 479 g/mol. The topological polar surface area (TPSA) is 30.9 Å². The highest BCUT2D eigenvalue weighted by Crippen LogP contribution is 2.38. The number of benzene rings is 2. The Kier molecular flexibility index (Phi) is 7.87. The molecule has 0 amide bonds. The van der Waals surface area contributed by atoms with E-state index in [0.29, 0.717) is 6.04 Å². The number of rotatable bonds is 8. The standard InChI is InChI=1S/C31H40F2N2/c32-29-18-15-24(19-30(29)33)26(11-6-9-22-13-16-25(34)17-14-22)28-21-35(20-23-7-2-1-3-8-23)31-12-5-4-10-27(28)31/h4-5,10,12,15,18-19,21-23,25-26H,1-3,6-9,11,13-14,16-17,20,34H2. The quantitative estimate of drug-likeness (QED) is 0.347. The molecule has 2 N–H and O–H groups in total. The number of nitrogens with zero attached hydrogens (tertiary/aromatic N) is 1. The van der Waals surface area contributed by atoms with Crippen LogP contribution in [0.4, 0.5) is 8.78 Å². The van der Waals surface area contributed by atoms with Gasteiger partial charge in [-0.15, -0.1) is 0 Å². The second-order valence-corrected chi connectivity index (χ2v) is 11.2. The minimum Gasteiger partial charge on any atom is -0.347 e. The van der Waals surface area contributed by atoms with E-state index < -0.39 is 11.6 Å². The molecule has 2 fully saturated rings. The third kappa shape index (κ3) is 5.80. The maximum absolute atomic E-state index is 14.3. The molecule has 0 bridgehead atoms. The van der Waals surface area contributed by atoms with E-state index in [4.69, 9.17) is 5.73 Å². The minimum absolute atomic E-state index is 0.0634. The van der Waals surface area contributed by atoms with Crippen molar-refractivity contribution in [2.45, 2.75) is 95.6 Å². The highest BCUT2D eigenvalue weighted by atomic mass is 19.2. The van der Waals surface area contributed by atoms with E-state index in [9.17, 15) is 8.78 Å². The van der Waals surface area contributed by atoms with Gasteiger partial charge in [0.15, 0.2) is 11.6 Å². The van der Waals surface area contributed by atoms with Gasteiger partial charge in [0.2, 0.25) is 0 Å². The molecule has 2 aliphatic carbocycles. The molecule has 188 valence electrons. The third-order valence-corrected chi connectivity index (χ3v) is 8.72. The summed E-state index contributed by atoms with van der Waals surface area (Å²) in [4.78, 5) is 0. The lowest BCUT2D eigenvalue weighted by Crippen LogP contribution is -2.26. The van der Waals surface area contributed by atoms with Gasteiger partial charge in [0.25, 0.3) is 0 Å². The van der Waals surface area contributed by atoms with Crippen molar-refractivity contribution in [1.82, 2.24) is 4.57 Å². The second-order valence-electron chi connectivity index (χ2n) is 11.2. The van der Waals surface area contributed by atoms with Crippen molar-refractivity contribution in [3.8, 4) is 0 Å². The average Bonchev–Trinajstić information content (AvgIpc) is 3.23. The molecular weight excluding hydrogens is 438 g/mol. The van der Waals surface area contributed by atoms with Gasteiger partial charge < -0.3 is 10.3 Å². The van der Waals surface area contributed by atoms with Crippen LogP contribution < -0.4 is 5.73 Å². The molecular formula is C31H40F2N2. The van der Waals surface area contributed by atoms with Crippen molar-refractivity contribution in [3.63, 3.8) is 0 Å². The summed E-state index contributed by atoms with van der Waals surface area (Å²) in [5.41, 5.74) is 9.51. The van der Waals surface area contributed by atoms with Crippen molar-refractivity contribution < 1.29 is 8.78 Å². The molecule has 1 unspecified atom stereocenters. The van der Waals surface area contributed by atoms with Gasteiger partial charge in [-0.1, -0.05) is 56.4 Å². The summed E-state index contributed by atoms with van der Waals surface area (Å²) < 4.78 is 30.6. The zero-order valence-corrected chi connectivity index (χ0v) is 20.9. The molecule has 35 heavy (non-hydrogen) atoms. The summed E-state index contributed by atoms with van der Waals surface area (Å²) in [5, 5.41) is 1.25. The van der Waals surface area contributed by atoms with Crippen LogP contribution in [0.2, 0.25) is 0 Å². The molecule has 1 heterocycles. The molecule has 4 heteroatoms. The fourth-order valence-corrected chi connectivity index (χ4v) is 6.67. The number of hydrogen-bond acceptors (Lipinski definition) is 1. The number of nitrogens with two attached hydrogens (primary N) is 1. The lowest BCUT2D eigenvalue weighted by molar-refractivity contribution is 0.302. The Hall–Kier alpha value is -2.20. The van der Waals surface area contributed by atoms with Crippen LogP contribution in [0.25, 0.3) is 10.9 Å². The van der Waals surface area contributed by atoms with Crippen molar-refractivity contribution in [3.05, 3.63) is 71.4 Å². The predicted octanol–water partition coefficient (Wildman–Crippen LogP) is 8.32. The normalized spacial score (nSPS) is 22.5. The van der Waals surface area contributed by atoms with Crippen LogP contribution in [-0.4, -0.2) is 10.6 Å². The summed E-state index contributed by atoms with van der Waals surface area (Å²) in [6.45, 7) is 1.05. The van der Waals surface area contributed by atoms with Gasteiger partial charge in [-0.2, -0.15) is 0 Å². The number of aromatic nitrogens is 1. The number of halogens is 2. The molecule has 0 saturated heterocycles. The largest absolute Gasteiger partial charge is 0.347 e. The number of fused-ring (bicyclic) bond motifs is 1. The Labute approximate surface area is 208 Å². The first-order valence-corrected chi connectivity index (χ1v) is 13.9. The fraction of sp³-hybridized carbons (Fsp3) is 0.548. The summed E-state index contributed by atoms with van der Waals surface area (Å²) in [7, 11) is 0. The van der Waals surface area contributed by atoms with E-state index in [1.807, 2.05) is 0 Å². The second kappa shape index (κ2) is 11.2. The molecule has 1 aromatic heterocycles. The molecule has 3 aromatic rings. The zero-order chi connectivity index (χ0) is 24.2. The first-order valence-electron chi connectivity index (χ1n) is 13.9. The van der Waals surface area contributed by atoms with E-state index in [1.165, 1.54) is 80.0 Å². The molecule has 0 spiro atoms. The van der Waals surface area contributed by atoms with Gasteiger partial charge in [-0.3, -0.25) is 0 Å². The van der Waals surface area contributed by atoms with Gasteiger partial charge in [0, 0.05) is 35.6 Å². The highest BCUT2D eigenvalue weighted by Gasteiger charge is 2.24. The molecule has 2 nitrogen and oxygen atoms in total. The Morgan fingerprint density at radius 3 is 2.40 bits per heavy atom. The molecule has 0 radical (unpaired) electrons. The first kappa shape index (κ1) is 24.5. The monoisotopic (exact) mass is 478 g/mol. The maximum Gasteiger partial charge on any atom is 0.159 e. The summed E-state index contributed by atoms with van der Waals surface area (Å²) >= 11 is 0. The molecule has 0 aliphatic heterocycles. The number of para-hydroxylation sites is 1. The van der Waals surface area contributed by atoms with Crippen LogP contribution >= 0.6 is 0 Å². The summed E-state index contributed by atoms with van der Waals surface area (Å²) in [5.74, 6) is 0.0128. The molecule has 5 rings (SSSR count). The van der Waals surface area contributed by atoms with E-state index in [0.717, 1.165) is 49.6 Å². The van der Waals surface area contributed by atoms with Gasteiger partial charge in [0.05, 0.1) is 0 Å². The predicted molar refractivity (Wildman–Crippen MR) is 140 cm³/mol. The van der Waals surface area contributed by atoms with Crippen molar-refractivity contribution in [1.29, 1.82) is 0 Å². The van der Waals surface area contributed by atoms with E-state index >= 15 is 0 Å². The van der Waals surface area contributed by atoms with Crippen LogP contribution in [0.3, 0.4) is 0 Å². The van der Waals surface area contributed by atoms with Crippen molar-refractivity contribution in [2.75, 3.05) is 0 Å². The zero-order valence-electron chi connectivity index (χ0n) is 20.9. The van der Waals surface area contributed by atoms with E-state index in [2.05, 4.69) is 35.0 Å². The maximum atomic E-state index is 14.3. The van der Waals surface area contributed by atoms with Crippen LogP contribution in [0.1, 0.15) is 94.1 Å². The van der Waals surface area contributed by atoms with Gasteiger partial charge in [-0.25, -0.2) is 8.78 Å². The van der Waals surface area contributed by atoms with Crippen LogP contribution in [-0.2, 0) is 6.54 Å². The van der Waals surface area contributed by atoms with Crippen molar-refractivity contribution >= 4 is 10.9 Å². The molecule has 2 aliphatic rings. The van der Waals surface area contributed by atoms with Gasteiger partial charge >= 0.3 is 0 Å². The summed E-state index contributed by atoms with van der Waals surface area (Å²) in [6.07, 6.45) is 16.9. The highest BCUT2D eigenvalue weighted by molar-refractivity contribution is 5.85. The molecule has 2 aromatic carbocycles. The van der Waals surface area contributed by atoms with Crippen LogP contribution in [0.15, 0.2) is 48.7 Å². The SMILES string of the molecule is NC1CCC(CCCC(c2ccc(F)c(F)c2)c2cn(CC3CCCCC3)c3ccccc23)CC1. The Balaban J connectivity index is 1.43. The molecule has 1 atom stereocenters. The Morgan fingerprint density at radius 2 is 1.63 bits per heavy atom.